The number of thioether (sulfide) groups is 1. The van der Waals surface area contributed by atoms with Crippen molar-refractivity contribution in [1.82, 2.24) is 5.32 Å². The van der Waals surface area contributed by atoms with Gasteiger partial charge in [-0.25, -0.2) is 0 Å². The van der Waals surface area contributed by atoms with Crippen LogP contribution in [0.1, 0.15) is 34.5 Å². The van der Waals surface area contributed by atoms with Gasteiger partial charge in [-0.05, 0) is 43.7 Å². The smallest absolute Gasteiger partial charge is 0.253 e. The molecule has 0 heterocycles. The molecule has 0 aliphatic heterocycles. The Balaban J connectivity index is 1.50. The lowest BCUT2D eigenvalue weighted by Crippen LogP contribution is -2.28. The van der Waals surface area contributed by atoms with Crippen molar-refractivity contribution in [2.24, 2.45) is 0 Å². The first-order valence-electron chi connectivity index (χ1n) is 10.6. The van der Waals surface area contributed by atoms with Crippen molar-refractivity contribution in [3.63, 3.8) is 0 Å². The highest BCUT2D eigenvalue weighted by Crippen LogP contribution is 2.18. The van der Waals surface area contributed by atoms with E-state index in [1.54, 1.807) is 24.3 Å². The molecule has 0 radical (unpaired) electrons. The first kappa shape index (κ1) is 24.1. The van der Waals surface area contributed by atoms with Crippen LogP contribution in [0.15, 0.2) is 78.9 Å². The summed E-state index contributed by atoms with van der Waals surface area (Å²) in [7, 11) is 0. The first-order valence-corrected chi connectivity index (χ1v) is 11.8. The zero-order valence-corrected chi connectivity index (χ0v) is 19.4. The van der Waals surface area contributed by atoms with Crippen LogP contribution in [-0.4, -0.2) is 29.2 Å². The van der Waals surface area contributed by atoms with Crippen LogP contribution in [0.25, 0.3) is 0 Å². The number of nitrogens with one attached hydrogen (secondary N) is 3. The average Bonchev–Trinajstić information content (AvgIpc) is 2.81. The quantitative estimate of drug-likeness (QED) is 0.427. The van der Waals surface area contributed by atoms with Crippen molar-refractivity contribution in [2.75, 3.05) is 22.1 Å². The molecule has 7 heteroatoms. The van der Waals surface area contributed by atoms with E-state index in [4.69, 9.17) is 0 Å². The van der Waals surface area contributed by atoms with E-state index < -0.39 is 0 Å². The van der Waals surface area contributed by atoms with Gasteiger partial charge >= 0.3 is 0 Å². The van der Waals surface area contributed by atoms with E-state index in [2.05, 4.69) is 16.0 Å². The third kappa shape index (κ3) is 7.50. The second-order valence-corrected chi connectivity index (χ2v) is 8.59. The van der Waals surface area contributed by atoms with Crippen LogP contribution in [0.4, 0.5) is 11.4 Å². The molecule has 0 saturated carbocycles. The van der Waals surface area contributed by atoms with Gasteiger partial charge in [0.25, 0.3) is 5.91 Å². The van der Waals surface area contributed by atoms with E-state index in [1.807, 2.05) is 68.4 Å². The maximum atomic E-state index is 12.8. The fourth-order valence-corrected chi connectivity index (χ4v) is 3.76. The number of amides is 3. The van der Waals surface area contributed by atoms with Crippen LogP contribution in [0, 0.1) is 6.92 Å². The fraction of sp³-hybridized carbons (Fsp3) is 0.192. The molecule has 3 amide bonds. The van der Waals surface area contributed by atoms with E-state index >= 15 is 0 Å². The number of carbonyl (C=O) groups excluding carboxylic acids is 3. The Hall–Kier alpha value is -3.58. The average molecular weight is 462 g/mol. The molecule has 3 aromatic carbocycles. The molecule has 0 bridgehead atoms. The lowest BCUT2D eigenvalue weighted by atomic mass is 10.1. The summed E-state index contributed by atoms with van der Waals surface area (Å²) in [5.41, 5.74) is 3.65. The molecule has 1 unspecified atom stereocenters. The normalized spacial score (nSPS) is 11.3. The topological polar surface area (TPSA) is 87.3 Å². The molecule has 3 rings (SSSR count). The third-order valence-corrected chi connectivity index (χ3v) is 5.83. The number of anilines is 2. The first-order chi connectivity index (χ1) is 15.9. The van der Waals surface area contributed by atoms with Crippen molar-refractivity contribution in [2.45, 2.75) is 19.9 Å². The molecule has 33 heavy (non-hydrogen) atoms. The number of hydrogen-bond donors (Lipinski definition) is 3. The Morgan fingerprint density at radius 2 is 1.39 bits per heavy atom. The van der Waals surface area contributed by atoms with Crippen molar-refractivity contribution in [3.05, 3.63) is 95.6 Å². The van der Waals surface area contributed by atoms with Gasteiger partial charge in [0.15, 0.2) is 0 Å². The summed E-state index contributed by atoms with van der Waals surface area (Å²) in [5.74, 6) is -0.478. The highest BCUT2D eigenvalue weighted by atomic mass is 32.2. The van der Waals surface area contributed by atoms with Gasteiger partial charge in [-0.3, -0.25) is 14.4 Å². The molecule has 3 N–H and O–H groups in total. The summed E-state index contributed by atoms with van der Waals surface area (Å²) >= 11 is 1.21. The molecular formula is C26H27N3O3S. The van der Waals surface area contributed by atoms with Crippen LogP contribution >= 0.6 is 11.8 Å². The van der Waals surface area contributed by atoms with E-state index in [0.29, 0.717) is 11.3 Å². The number of rotatable bonds is 9. The Morgan fingerprint density at radius 1 is 0.788 bits per heavy atom. The molecule has 3 aromatic rings. The number of aryl methyl sites for hydroxylation is 1. The van der Waals surface area contributed by atoms with E-state index in [1.165, 1.54) is 11.8 Å². The summed E-state index contributed by atoms with van der Waals surface area (Å²) in [6.45, 7) is 3.89. The largest absolute Gasteiger partial charge is 0.345 e. The van der Waals surface area contributed by atoms with Gasteiger partial charge in [-0.1, -0.05) is 60.2 Å². The van der Waals surface area contributed by atoms with Crippen LogP contribution in [0.5, 0.6) is 0 Å². The second-order valence-electron chi connectivity index (χ2n) is 7.61. The van der Waals surface area contributed by atoms with Crippen LogP contribution in [0.2, 0.25) is 0 Å². The van der Waals surface area contributed by atoms with Crippen molar-refractivity contribution < 1.29 is 14.4 Å². The monoisotopic (exact) mass is 461 g/mol. The Kier molecular flexibility index (Phi) is 8.66. The molecule has 0 saturated heterocycles. The predicted octanol–water partition coefficient (Wildman–Crippen LogP) is 4.80. The SMILES string of the molecule is Cc1ccc(NC(=O)CSCC(=O)Nc2ccccc2C(=O)NC(C)c2ccccc2)cc1. The molecule has 0 aliphatic rings. The number of carbonyl (C=O) groups is 3. The van der Waals surface area contributed by atoms with Crippen molar-refractivity contribution in [1.29, 1.82) is 0 Å². The molecule has 0 aromatic heterocycles. The van der Waals surface area contributed by atoms with Gasteiger partial charge in [0.05, 0.1) is 28.8 Å². The fourth-order valence-electron chi connectivity index (χ4n) is 3.15. The maximum Gasteiger partial charge on any atom is 0.253 e. The summed E-state index contributed by atoms with van der Waals surface area (Å²) in [5, 5.41) is 8.55. The highest BCUT2D eigenvalue weighted by molar-refractivity contribution is 8.00. The molecule has 170 valence electrons. The predicted molar refractivity (Wildman–Crippen MR) is 135 cm³/mol. The standard InChI is InChI=1S/C26H27N3O3S/c1-18-12-14-21(15-13-18)28-24(30)16-33-17-25(31)29-23-11-7-6-10-22(23)26(32)27-19(2)20-8-4-3-5-9-20/h3-15,19H,16-17H2,1-2H3,(H,27,32)(H,28,30)(H,29,31). The second kappa shape index (κ2) is 11.9. The number of hydrogen-bond acceptors (Lipinski definition) is 4. The van der Waals surface area contributed by atoms with E-state index in [0.717, 1.165) is 16.8 Å². The molecule has 0 spiro atoms. The summed E-state index contributed by atoms with van der Waals surface area (Å²) < 4.78 is 0. The third-order valence-electron chi connectivity index (χ3n) is 4.89. The molecular weight excluding hydrogens is 434 g/mol. The minimum Gasteiger partial charge on any atom is -0.345 e. The minimum absolute atomic E-state index is 0.0949. The molecule has 1 atom stereocenters. The van der Waals surface area contributed by atoms with Gasteiger partial charge in [0.2, 0.25) is 11.8 Å². The van der Waals surface area contributed by atoms with E-state index in [-0.39, 0.29) is 35.3 Å². The summed E-state index contributed by atoms with van der Waals surface area (Å²) in [4.78, 5) is 37.3. The number of para-hydroxylation sites is 1. The summed E-state index contributed by atoms with van der Waals surface area (Å²) in [6, 6.07) is 23.9. The zero-order chi connectivity index (χ0) is 23.6. The van der Waals surface area contributed by atoms with Gasteiger partial charge in [-0.15, -0.1) is 11.8 Å². The Labute approximate surface area is 198 Å². The van der Waals surface area contributed by atoms with Gasteiger partial charge < -0.3 is 16.0 Å². The summed E-state index contributed by atoms with van der Waals surface area (Å²) in [6.07, 6.45) is 0. The lowest BCUT2D eigenvalue weighted by Gasteiger charge is -2.16. The van der Waals surface area contributed by atoms with Crippen molar-refractivity contribution in [3.8, 4) is 0 Å². The Morgan fingerprint density at radius 3 is 2.09 bits per heavy atom. The molecule has 0 fully saturated rings. The maximum absolute atomic E-state index is 12.8. The highest BCUT2D eigenvalue weighted by Gasteiger charge is 2.16. The van der Waals surface area contributed by atoms with Gasteiger partial charge in [-0.2, -0.15) is 0 Å². The van der Waals surface area contributed by atoms with Crippen LogP contribution < -0.4 is 16.0 Å². The van der Waals surface area contributed by atoms with Crippen LogP contribution in [-0.2, 0) is 9.59 Å². The van der Waals surface area contributed by atoms with Gasteiger partial charge in [0, 0.05) is 5.69 Å². The lowest BCUT2D eigenvalue weighted by molar-refractivity contribution is -0.114. The van der Waals surface area contributed by atoms with Crippen molar-refractivity contribution >= 4 is 40.9 Å². The Bertz CT molecular complexity index is 1100. The number of benzene rings is 3. The van der Waals surface area contributed by atoms with Gasteiger partial charge in [0.1, 0.15) is 0 Å². The molecule has 6 nitrogen and oxygen atoms in total. The van der Waals surface area contributed by atoms with Crippen LogP contribution in [0.3, 0.4) is 0 Å². The molecule has 0 aliphatic carbocycles. The zero-order valence-electron chi connectivity index (χ0n) is 18.6. The minimum atomic E-state index is -0.278. The van der Waals surface area contributed by atoms with E-state index in [9.17, 15) is 14.4 Å².